The van der Waals surface area contributed by atoms with Crippen molar-refractivity contribution in [1.29, 1.82) is 0 Å². The first-order chi connectivity index (χ1) is 10.5. The lowest BCUT2D eigenvalue weighted by Crippen LogP contribution is -2.23. The molecule has 0 unspecified atom stereocenters. The van der Waals surface area contributed by atoms with Crippen LogP contribution in [0.1, 0.15) is 21.6 Å². The van der Waals surface area contributed by atoms with Gasteiger partial charge in [-0.15, -0.1) is 0 Å². The number of nitrogens with one attached hydrogen (secondary N) is 2. The molecule has 0 saturated carbocycles. The van der Waals surface area contributed by atoms with E-state index in [1.807, 2.05) is 24.3 Å². The maximum atomic E-state index is 12.3. The second-order valence-electron chi connectivity index (χ2n) is 4.89. The lowest BCUT2D eigenvalue weighted by atomic mass is 10.2. The van der Waals surface area contributed by atoms with Crippen LogP contribution in [0, 0.1) is 6.92 Å². The summed E-state index contributed by atoms with van der Waals surface area (Å²) in [5.41, 5.74) is 2.00. The van der Waals surface area contributed by atoms with Gasteiger partial charge in [0, 0.05) is 29.0 Å². The number of H-pyrrole nitrogens is 1. The molecular formula is C15H13BrN4O2. The van der Waals surface area contributed by atoms with Crippen LogP contribution in [0.3, 0.4) is 0 Å². The zero-order chi connectivity index (χ0) is 15.7. The third kappa shape index (κ3) is 2.80. The highest BCUT2D eigenvalue weighted by molar-refractivity contribution is 9.10. The summed E-state index contributed by atoms with van der Waals surface area (Å²) in [6.07, 6.45) is 1.49. The standard InChI is InChI=1S/C15H13BrN4O2/c1-9-6-13(21)20-14(19-9)12(8-18-20)15(22)17-7-10-2-4-11(16)5-3-10/h2-6,8,18H,7H2,1H3,(H,17,22). The van der Waals surface area contributed by atoms with Crippen LogP contribution in [0.25, 0.3) is 5.65 Å². The number of rotatable bonds is 3. The Morgan fingerprint density at radius 3 is 2.82 bits per heavy atom. The molecule has 3 aromatic rings. The van der Waals surface area contributed by atoms with Crippen molar-refractivity contribution in [2.75, 3.05) is 0 Å². The summed E-state index contributed by atoms with van der Waals surface area (Å²) in [7, 11) is 0. The summed E-state index contributed by atoms with van der Waals surface area (Å²) in [5, 5.41) is 5.57. The molecule has 0 fully saturated rings. The van der Waals surface area contributed by atoms with Gasteiger partial charge in [-0.2, -0.15) is 0 Å². The summed E-state index contributed by atoms with van der Waals surface area (Å²) in [4.78, 5) is 28.3. The van der Waals surface area contributed by atoms with E-state index >= 15 is 0 Å². The number of hydrogen-bond acceptors (Lipinski definition) is 3. The predicted molar refractivity (Wildman–Crippen MR) is 85.9 cm³/mol. The van der Waals surface area contributed by atoms with Gasteiger partial charge in [0.15, 0.2) is 5.65 Å². The fraction of sp³-hybridized carbons (Fsp3) is 0.133. The molecule has 112 valence electrons. The van der Waals surface area contributed by atoms with Crippen LogP contribution >= 0.6 is 15.9 Å². The first-order valence-corrected chi connectivity index (χ1v) is 7.44. The van der Waals surface area contributed by atoms with E-state index < -0.39 is 0 Å². The Kier molecular flexibility index (Phi) is 3.81. The molecule has 2 aromatic heterocycles. The van der Waals surface area contributed by atoms with Crippen molar-refractivity contribution >= 4 is 27.5 Å². The molecule has 7 heteroatoms. The molecule has 0 aliphatic heterocycles. The molecular weight excluding hydrogens is 348 g/mol. The SMILES string of the molecule is Cc1cc(=O)n2[nH]cc(C(=O)NCc3ccc(Br)cc3)c2n1. The van der Waals surface area contributed by atoms with Gasteiger partial charge in [-0.3, -0.25) is 14.7 Å². The van der Waals surface area contributed by atoms with Crippen molar-refractivity contribution in [3.05, 3.63) is 68.2 Å². The molecule has 1 amide bonds. The Hall–Kier alpha value is -2.41. The van der Waals surface area contributed by atoms with E-state index in [9.17, 15) is 9.59 Å². The minimum absolute atomic E-state index is 0.241. The molecule has 22 heavy (non-hydrogen) atoms. The van der Waals surface area contributed by atoms with Crippen molar-refractivity contribution in [2.24, 2.45) is 0 Å². The van der Waals surface area contributed by atoms with Gasteiger partial charge in [0.05, 0.1) is 0 Å². The van der Waals surface area contributed by atoms with Crippen LogP contribution in [-0.4, -0.2) is 20.5 Å². The fourth-order valence-corrected chi connectivity index (χ4v) is 2.41. The summed E-state index contributed by atoms with van der Waals surface area (Å²) >= 11 is 3.37. The first-order valence-electron chi connectivity index (χ1n) is 6.65. The van der Waals surface area contributed by atoms with Crippen molar-refractivity contribution in [3.63, 3.8) is 0 Å². The molecule has 0 saturated heterocycles. The van der Waals surface area contributed by atoms with Crippen molar-refractivity contribution in [2.45, 2.75) is 13.5 Å². The smallest absolute Gasteiger partial charge is 0.272 e. The highest BCUT2D eigenvalue weighted by Gasteiger charge is 2.14. The minimum atomic E-state index is -0.279. The molecule has 0 atom stereocenters. The number of amides is 1. The zero-order valence-electron chi connectivity index (χ0n) is 11.8. The van der Waals surface area contributed by atoms with E-state index in [1.54, 1.807) is 6.92 Å². The molecule has 1 aromatic carbocycles. The highest BCUT2D eigenvalue weighted by Crippen LogP contribution is 2.11. The topological polar surface area (TPSA) is 79.3 Å². The van der Waals surface area contributed by atoms with E-state index in [0.29, 0.717) is 23.4 Å². The van der Waals surface area contributed by atoms with Crippen LogP contribution in [0.15, 0.2) is 45.8 Å². The van der Waals surface area contributed by atoms with Crippen molar-refractivity contribution < 1.29 is 4.79 Å². The lowest BCUT2D eigenvalue weighted by molar-refractivity contribution is 0.0952. The maximum absolute atomic E-state index is 12.3. The molecule has 2 heterocycles. The summed E-state index contributed by atoms with van der Waals surface area (Å²) in [6, 6.07) is 9.08. The van der Waals surface area contributed by atoms with Gasteiger partial charge in [-0.1, -0.05) is 28.1 Å². The van der Waals surface area contributed by atoms with Gasteiger partial charge < -0.3 is 5.32 Å². The highest BCUT2D eigenvalue weighted by atomic mass is 79.9. The van der Waals surface area contributed by atoms with Crippen LogP contribution in [0.4, 0.5) is 0 Å². The van der Waals surface area contributed by atoms with Crippen LogP contribution in [0.5, 0.6) is 0 Å². The molecule has 0 radical (unpaired) electrons. The van der Waals surface area contributed by atoms with Crippen LogP contribution < -0.4 is 10.9 Å². The Morgan fingerprint density at radius 1 is 1.36 bits per heavy atom. The number of fused-ring (bicyclic) bond motifs is 1. The number of carbonyl (C=O) groups excluding carboxylic acids is 1. The number of halogens is 1. The second-order valence-corrected chi connectivity index (χ2v) is 5.81. The average Bonchev–Trinajstić information content (AvgIpc) is 2.90. The largest absolute Gasteiger partial charge is 0.348 e. The third-order valence-corrected chi connectivity index (χ3v) is 3.77. The number of aromatic nitrogens is 3. The number of carbonyl (C=O) groups is 1. The molecule has 0 aliphatic carbocycles. The molecule has 2 N–H and O–H groups in total. The number of aromatic amines is 1. The molecule has 3 rings (SSSR count). The van der Waals surface area contributed by atoms with E-state index in [0.717, 1.165) is 10.0 Å². The second kappa shape index (κ2) is 5.76. The molecule has 0 aliphatic rings. The van der Waals surface area contributed by atoms with Gasteiger partial charge >= 0.3 is 0 Å². The van der Waals surface area contributed by atoms with Gasteiger partial charge in [0.1, 0.15) is 5.56 Å². The summed E-state index contributed by atoms with van der Waals surface area (Å²) in [6.45, 7) is 2.12. The normalized spacial score (nSPS) is 10.8. The van der Waals surface area contributed by atoms with E-state index in [-0.39, 0.29) is 11.5 Å². The Morgan fingerprint density at radius 2 is 2.09 bits per heavy atom. The Balaban J connectivity index is 1.83. The third-order valence-electron chi connectivity index (χ3n) is 3.24. The van der Waals surface area contributed by atoms with Crippen LogP contribution in [0.2, 0.25) is 0 Å². The van der Waals surface area contributed by atoms with Crippen molar-refractivity contribution in [1.82, 2.24) is 19.9 Å². The summed E-state index contributed by atoms with van der Waals surface area (Å²) in [5.74, 6) is -0.279. The molecule has 0 spiro atoms. The average molecular weight is 361 g/mol. The number of nitrogens with zero attached hydrogens (tertiary/aromatic N) is 2. The van der Waals surface area contributed by atoms with Gasteiger partial charge in [0.25, 0.3) is 11.5 Å². The van der Waals surface area contributed by atoms with E-state index in [1.165, 1.54) is 16.8 Å². The quantitative estimate of drug-likeness (QED) is 0.749. The predicted octanol–water partition coefficient (Wildman–Crippen LogP) is 2.02. The van der Waals surface area contributed by atoms with Gasteiger partial charge in [-0.05, 0) is 24.6 Å². The number of hydrogen-bond donors (Lipinski definition) is 2. The summed E-state index contributed by atoms with van der Waals surface area (Å²) < 4.78 is 2.24. The minimum Gasteiger partial charge on any atom is -0.348 e. The number of aryl methyl sites for hydroxylation is 1. The molecule has 0 bridgehead atoms. The van der Waals surface area contributed by atoms with E-state index in [2.05, 4.69) is 31.3 Å². The van der Waals surface area contributed by atoms with Gasteiger partial charge in [-0.25, -0.2) is 9.50 Å². The maximum Gasteiger partial charge on any atom is 0.272 e. The van der Waals surface area contributed by atoms with E-state index in [4.69, 9.17) is 0 Å². The fourth-order valence-electron chi connectivity index (χ4n) is 2.14. The number of benzene rings is 1. The molecule has 6 nitrogen and oxygen atoms in total. The first kappa shape index (κ1) is 14.5. The van der Waals surface area contributed by atoms with Crippen LogP contribution in [-0.2, 0) is 6.54 Å². The zero-order valence-corrected chi connectivity index (χ0v) is 13.3. The Labute approximate surface area is 134 Å². The van der Waals surface area contributed by atoms with Crippen molar-refractivity contribution in [3.8, 4) is 0 Å². The lowest BCUT2D eigenvalue weighted by Gasteiger charge is -2.04. The Bertz CT molecular complexity index is 896. The monoisotopic (exact) mass is 360 g/mol. The van der Waals surface area contributed by atoms with Gasteiger partial charge in [0.2, 0.25) is 0 Å².